The van der Waals surface area contributed by atoms with Crippen molar-refractivity contribution in [2.75, 3.05) is 7.11 Å². The monoisotopic (exact) mass is 566 g/mol. The second-order valence-electron chi connectivity index (χ2n) is 9.85. The Morgan fingerprint density at radius 1 is 1.03 bits per heavy atom. The first kappa shape index (κ1) is 26.4. The van der Waals surface area contributed by atoms with Crippen LogP contribution >= 0.6 is 31.9 Å². The van der Waals surface area contributed by atoms with Gasteiger partial charge in [0.15, 0.2) is 0 Å². The third kappa shape index (κ3) is 6.82. The van der Waals surface area contributed by atoms with Crippen LogP contribution < -0.4 is 10.2 Å². The summed E-state index contributed by atoms with van der Waals surface area (Å²) in [4.78, 5) is 12.4. The van der Waals surface area contributed by atoms with Gasteiger partial charge >= 0.3 is 0 Å². The molecule has 0 fully saturated rings. The quantitative estimate of drug-likeness (QED) is 0.305. The van der Waals surface area contributed by atoms with E-state index in [1.807, 2.05) is 24.3 Å². The lowest BCUT2D eigenvalue weighted by Gasteiger charge is -2.28. The number of halogens is 2. The molecule has 0 atom stereocenters. The van der Waals surface area contributed by atoms with E-state index in [-0.39, 0.29) is 16.7 Å². The number of methoxy groups -OCH3 is 1. The van der Waals surface area contributed by atoms with Gasteiger partial charge < -0.3 is 9.84 Å². The molecular formula is C25H32Br2N2O3. The van der Waals surface area contributed by atoms with Gasteiger partial charge in [0, 0.05) is 6.42 Å². The molecule has 0 bridgehead atoms. The molecule has 0 aromatic heterocycles. The maximum Gasteiger partial charge on any atom is 0.240 e. The molecule has 0 unspecified atom stereocenters. The Morgan fingerprint density at radius 2 is 1.53 bits per heavy atom. The fourth-order valence-corrected chi connectivity index (χ4v) is 4.87. The summed E-state index contributed by atoms with van der Waals surface area (Å²) in [5.41, 5.74) is 5.82. The SMILES string of the molecule is COc1c(Br)cc(/C=N\NC(=O)CCc2cc(C(C)(C)C)c(O)c(C(C)(C)C)c2)cc1Br. The molecule has 5 nitrogen and oxygen atoms in total. The number of phenols is 1. The highest BCUT2D eigenvalue weighted by Crippen LogP contribution is 2.40. The second-order valence-corrected chi connectivity index (χ2v) is 11.6. The van der Waals surface area contributed by atoms with Crippen molar-refractivity contribution in [3.05, 3.63) is 55.5 Å². The number of aryl methyl sites for hydroxylation is 1. The van der Waals surface area contributed by atoms with Gasteiger partial charge in [0.1, 0.15) is 11.5 Å². The smallest absolute Gasteiger partial charge is 0.240 e. The number of hydrogen-bond acceptors (Lipinski definition) is 4. The van der Waals surface area contributed by atoms with E-state index in [0.29, 0.717) is 24.3 Å². The maximum atomic E-state index is 12.4. The molecule has 0 saturated carbocycles. The van der Waals surface area contributed by atoms with Crippen molar-refractivity contribution in [3.8, 4) is 11.5 Å². The Balaban J connectivity index is 2.10. The van der Waals surface area contributed by atoms with Crippen LogP contribution in [0.2, 0.25) is 0 Å². The highest BCUT2D eigenvalue weighted by Gasteiger charge is 2.26. The summed E-state index contributed by atoms with van der Waals surface area (Å²) in [5, 5.41) is 14.9. The maximum absolute atomic E-state index is 12.4. The van der Waals surface area contributed by atoms with E-state index in [0.717, 1.165) is 31.2 Å². The van der Waals surface area contributed by atoms with Gasteiger partial charge in [-0.3, -0.25) is 4.79 Å². The molecule has 1 amide bonds. The molecule has 0 saturated heterocycles. The Bertz CT molecular complexity index is 961. The van der Waals surface area contributed by atoms with Gasteiger partial charge in [-0.1, -0.05) is 53.7 Å². The zero-order valence-corrected chi connectivity index (χ0v) is 22.9. The van der Waals surface area contributed by atoms with Crippen molar-refractivity contribution < 1.29 is 14.6 Å². The second kappa shape index (κ2) is 10.4. The number of amides is 1. The van der Waals surface area contributed by atoms with Crippen molar-refractivity contribution in [1.82, 2.24) is 5.43 Å². The van der Waals surface area contributed by atoms with E-state index in [1.165, 1.54) is 0 Å². The molecule has 7 heteroatoms. The highest BCUT2D eigenvalue weighted by atomic mass is 79.9. The fraction of sp³-hybridized carbons (Fsp3) is 0.440. The van der Waals surface area contributed by atoms with Gasteiger partial charge in [-0.25, -0.2) is 5.43 Å². The summed E-state index contributed by atoms with van der Waals surface area (Å²) in [5.74, 6) is 0.875. The third-order valence-electron chi connectivity index (χ3n) is 5.05. The van der Waals surface area contributed by atoms with E-state index in [4.69, 9.17) is 4.74 Å². The lowest BCUT2D eigenvalue weighted by molar-refractivity contribution is -0.121. The molecule has 2 rings (SSSR count). The standard InChI is InChI=1S/C25H32Br2N2O3/c1-24(2,3)17-10-15(11-18(22(17)31)25(4,5)6)8-9-21(30)29-28-14-16-12-19(26)23(32-7)20(27)13-16/h10-14,31H,8-9H2,1-7H3,(H,29,30)/b28-14-. The van der Waals surface area contributed by atoms with Gasteiger partial charge in [-0.05, 0) is 83.5 Å². The molecule has 0 heterocycles. The number of aromatic hydroxyl groups is 1. The number of carbonyl (C=O) groups excluding carboxylic acids is 1. The van der Waals surface area contributed by atoms with Crippen LogP contribution in [0.3, 0.4) is 0 Å². The minimum Gasteiger partial charge on any atom is -0.507 e. The summed E-state index contributed by atoms with van der Waals surface area (Å²) < 4.78 is 6.87. The predicted molar refractivity (Wildman–Crippen MR) is 138 cm³/mol. The van der Waals surface area contributed by atoms with Crippen LogP contribution in [0.1, 0.15) is 70.2 Å². The molecule has 174 valence electrons. The van der Waals surface area contributed by atoms with E-state index < -0.39 is 0 Å². The first-order valence-electron chi connectivity index (χ1n) is 10.5. The van der Waals surface area contributed by atoms with Gasteiger partial charge in [0.25, 0.3) is 0 Å². The zero-order valence-electron chi connectivity index (χ0n) is 19.8. The van der Waals surface area contributed by atoms with Crippen molar-refractivity contribution in [3.63, 3.8) is 0 Å². The topological polar surface area (TPSA) is 70.9 Å². The number of carbonyl (C=O) groups is 1. The third-order valence-corrected chi connectivity index (χ3v) is 6.23. The van der Waals surface area contributed by atoms with Crippen molar-refractivity contribution in [2.45, 2.75) is 65.2 Å². The molecule has 0 aliphatic carbocycles. The number of rotatable bonds is 6. The van der Waals surface area contributed by atoms with E-state index in [1.54, 1.807) is 13.3 Å². The van der Waals surface area contributed by atoms with E-state index >= 15 is 0 Å². The van der Waals surface area contributed by atoms with Gasteiger partial charge in [0.2, 0.25) is 5.91 Å². The molecule has 2 N–H and O–H groups in total. The highest BCUT2D eigenvalue weighted by molar-refractivity contribution is 9.11. The number of nitrogens with one attached hydrogen (secondary N) is 1. The van der Waals surface area contributed by atoms with Crippen LogP contribution in [0.4, 0.5) is 0 Å². The van der Waals surface area contributed by atoms with Gasteiger partial charge in [-0.15, -0.1) is 0 Å². The first-order valence-corrected chi connectivity index (χ1v) is 12.0. The minimum atomic E-state index is -0.201. The van der Waals surface area contributed by atoms with Crippen LogP contribution in [-0.4, -0.2) is 24.3 Å². The average molecular weight is 568 g/mol. The molecule has 0 radical (unpaired) electrons. The van der Waals surface area contributed by atoms with Crippen LogP contribution in [0, 0.1) is 0 Å². The van der Waals surface area contributed by atoms with Crippen LogP contribution in [0.25, 0.3) is 0 Å². The Kier molecular flexibility index (Phi) is 8.56. The largest absolute Gasteiger partial charge is 0.507 e. The zero-order chi connectivity index (χ0) is 24.3. The molecule has 0 aliphatic rings. The fourth-order valence-electron chi connectivity index (χ4n) is 3.32. The van der Waals surface area contributed by atoms with Crippen molar-refractivity contribution in [1.29, 1.82) is 0 Å². The summed E-state index contributed by atoms with van der Waals surface area (Å²) in [7, 11) is 1.60. The summed E-state index contributed by atoms with van der Waals surface area (Å²) in [6.45, 7) is 12.5. The summed E-state index contributed by atoms with van der Waals surface area (Å²) in [6.07, 6.45) is 2.45. The van der Waals surface area contributed by atoms with E-state index in [2.05, 4.69) is 83.9 Å². The number of hydrogen-bond donors (Lipinski definition) is 2. The minimum absolute atomic E-state index is 0.171. The Morgan fingerprint density at radius 3 is 1.97 bits per heavy atom. The summed E-state index contributed by atoms with van der Waals surface area (Å²) in [6, 6.07) is 7.73. The lowest BCUT2D eigenvalue weighted by Crippen LogP contribution is -2.20. The molecule has 2 aromatic rings. The van der Waals surface area contributed by atoms with Crippen molar-refractivity contribution in [2.24, 2.45) is 5.10 Å². The molecule has 2 aromatic carbocycles. The molecule has 32 heavy (non-hydrogen) atoms. The van der Waals surface area contributed by atoms with Crippen LogP contribution in [0.5, 0.6) is 11.5 Å². The van der Waals surface area contributed by atoms with Crippen molar-refractivity contribution >= 4 is 44.0 Å². The molecule has 0 aliphatic heterocycles. The Labute approximate surface area is 207 Å². The van der Waals surface area contributed by atoms with E-state index in [9.17, 15) is 9.90 Å². The number of benzene rings is 2. The van der Waals surface area contributed by atoms with Crippen LogP contribution in [-0.2, 0) is 22.0 Å². The lowest BCUT2D eigenvalue weighted by atomic mass is 9.78. The molecule has 0 spiro atoms. The van der Waals surface area contributed by atoms with Crippen LogP contribution in [0.15, 0.2) is 38.3 Å². The van der Waals surface area contributed by atoms with Gasteiger partial charge in [0.05, 0.1) is 22.3 Å². The summed E-state index contributed by atoms with van der Waals surface area (Å²) >= 11 is 6.90. The first-order chi connectivity index (χ1) is 14.7. The average Bonchev–Trinajstić information content (AvgIpc) is 2.65. The number of hydrazone groups is 1. The Hall–Kier alpha value is -1.86. The van der Waals surface area contributed by atoms with Gasteiger partial charge in [-0.2, -0.15) is 5.10 Å². The normalized spacial score (nSPS) is 12.3. The number of phenolic OH excluding ortho intramolecular Hbond substituents is 1. The number of nitrogens with zero attached hydrogens (tertiary/aromatic N) is 1. The predicted octanol–water partition coefficient (Wildman–Crippen LogP) is 6.60. The molecular weight excluding hydrogens is 536 g/mol. The number of ether oxygens (including phenoxy) is 1.